The van der Waals surface area contributed by atoms with Gasteiger partial charge in [0.25, 0.3) is 0 Å². The van der Waals surface area contributed by atoms with E-state index in [0.29, 0.717) is 6.42 Å². The maximum absolute atomic E-state index is 12.8. The number of allylic oxidation sites excluding steroid dienone is 1. The number of hydrogen-bond acceptors (Lipinski definition) is 2. The second-order valence-corrected chi connectivity index (χ2v) is 7.17. The third-order valence-corrected chi connectivity index (χ3v) is 5.56. The molecule has 3 aliphatic rings. The van der Waals surface area contributed by atoms with Crippen LogP contribution in [0.1, 0.15) is 40.5 Å². The summed E-state index contributed by atoms with van der Waals surface area (Å²) in [6.07, 6.45) is 2.31. The summed E-state index contributed by atoms with van der Waals surface area (Å²) in [7, 11) is 0. The van der Waals surface area contributed by atoms with E-state index < -0.39 is 10.8 Å². The van der Waals surface area contributed by atoms with Crippen LogP contribution in [-0.2, 0) is 9.59 Å². The molecule has 0 aliphatic heterocycles. The van der Waals surface area contributed by atoms with Crippen LogP contribution in [0.15, 0.2) is 12.2 Å². The highest BCUT2D eigenvalue weighted by Gasteiger charge is 2.64. The second-order valence-electron chi connectivity index (χ2n) is 7.17. The molecule has 0 aromatic carbocycles. The van der Waals surface area contributed by atoms with E-state index in [-0.39, 0.29) is 29.3 Å². The van der Waals surface area contributed by atoms with Gasteiger partial charge in [0.15, 0.2) is 0 Å². The Bertz CT molecular complexity index is 543. The average molecular weight is 274 g/mol. The molecule has 3 aliphatic carbocycles. The van der Waals surface area contributed by atoms with Crippen LogP contribution in [0.4, 0.5) is 0 Å². The van der Waals surface area contributed by atoms with Gasteiger partial charge in [-0.15, -0.1) is 0 Å². The summed E-state index contributed by atoms with van der Waals surface area (Å²) in [4.78, 5) is 27.9. The Morgan fingerprint density at radius 1 is 1.45 bits per heavy atom. The van der Waals surface area contributed by atoms with Crippen molar-refractivity contribution in [3.8, 4) is 0 Å². The first-order chi connectivity index (χ1) is 9.16. The monoisotopic (exact) mass is 274 g/mol. The molecule has 4 nitrogen and oxygen atoms in total. The number of carbonyl (C=O) groups excluding carboxylic acids is 2. The van der Waals surface area contributed by atoms with Crippen LogP contribution < -0.4 is 0 Å². The van der Waals surface area contributed by atoms with Gasteiger partial charge in [-0.3, -0.25) is 9.59 Å². The first kappa shape index (κ1) is 14.9. The Hall–Kier alpha value is -1.54. The van der Waals surface area contributed by atoms with Gasteiger partial charge in [-0.2, -0.15) is 4.79 Å². The number of nitrogens with zero attached hydrogens (tertiary/aromatic N) is 2. The highest BCUT2D eigenvalue weighted by atomic mass is 16.1. The molecule has 0 amide bonds. The van der Waals surface area contributed by atoms with Gasteiger partial charge in [0.2, 0.25) is 5.78 Å². The number of carbonyl (C=O) groups is 2. The van der Waals surface area contributed by atoms with Gasteiger partial charge in [-0.05, 0) is 31.6 Å². The standard InChI is InChI=1S/C16H22N2O2/c1-9(2)11-6-12-10(13(19)8-18-17)7-16(11,5)14(20)15(12,3)4/h8,10-12H,1,6-7H2,2-5H3/t10-,11-,12-,16-/m0/s1. The van der Waals surface area contributed by atoms with Crippen molar-refractivity contribution in [2.45, 2.75) is 40.5 Å². The number of ketones is 2. The van der Waals surface area contributed by atoms with Crippen molar-refractivity contribution in [3.63, 3.8) is 0 Å². The van der Waals surface area contributed by atoms with E-state index in [1.54, 1.807) is 0 Å². The Balaban J connectivity index is 2.49. The largest absolute Gasteiger partial charge is 0.361 e. The zero-order chi connectivity index (χ0) is 15.3. The predicted octanol–water partition coefficient (Wildman–Crippen LogP) is 2.69. The van der Waals surface area contributed by atoms with E-state index in [2.05, 4.69) is 11.4 Å². The fraction of sp³-hybridized carbons (Fsp3) is 0.688. The predicted molar refractivity (Wildman–Crippen MR) is 76.1 cm³/mol. The third-order valence-electron chi connectivity index (χ3n) is 5.56. The molecule has 108 valence electrons. The Morgan fingerprint density at radius 2 is 2.05 bits per heavy atom. The van der Waals surface area contributed by atoms with Crippen molar-refractivity contribution in [2.24, 2.45) is 28.6 Å². The highest BCUT2D eigenvalue weighted by Crippen LogP contribution is 2.62. The lowest BCUT2D eigenvalue weighted by Gasteiger charge is -2.59. The fourth-order valence-electron chi connectivity index (χ4n) is 4.57. The molecule has 3 fully saturated rings. The van der Waals surface area contributed by atoms with E-state index in [9.17, 15) is 9.59 Å². The van der Waals surface area contributed by atoms with Gasteiger partial charge in [0.1, 0.15) is 5.78 Å². The summed E-state index contributed by atoms with van der Waals surface area (Å²) < 4.78 is 0. The Labute approximate surface area is 119 Å². The molecular formula is C16H22N2O2. The summed E-state index contributed by atoms with van der Waals surface area (Å²) in [5.41, 5.74) is 8.56. The molecule has 0 unspecified atom stereocenters. The zero-order valence-corrected chi connectivity index (χ0v) is 12.6. The molecule has 0 aromatic rings. The van der Waals surface area contributed by atoms with Gasteiger partial charge < -0.3 is 5.53 Å². The van der Waals surface area contributed by atoms with Crippen LogP contribution in [0.5, 0.6) is 0 Å². The summed E-state index contributed by atoms with van der Waals surface area (Å²) >= 11 is 0. The van der Waals surface area contributed by atoms with Gasteiger partial charge >= 0.3 is 6.21 Å². The smallest absolute Gasteiger partial charge is 0.323 e. The molecule has 0 heterocycles. The van der Waals surface area contributed by atoms with Gasteiger partial charge in [-0.25, -0.2) is 0 Å². The van der Waals surface area contributed by atoms with Crippen LogP contribution >= 0.6 is 0 Å². The van der Waals surface area contributed by atoms with Crippen molar-refractivity contribution < 1.29 is 14.4 Å². The van der Waals surface area contributed by atoms with Gasteiger partial charge in [0, 0.05) is 16.7 Å². The SMILES string of the molecule is C=C(C)[C@@H]1C[C@H]2[C@@H](C(=O)C=[N+]=[N-])C[C@]1(C)C(=O)C2(C)C. The quantitative estimate of drug-likeness (QED) is 0.343. The minimum absolute atomic E-state index is 0.0102. The topological polar surface area (TPSA) is 70.5 Å². The van der Waals surface area contributed by atoms with Crippen molar-refractivity contribution in [3.05, 3.63) is 17.7 Å². The van der Waals surface area contributed by atoms with Crippen LogP contribution in [0.25, 0.3) is 5.53 Å². The first-order valence-corrected chi connectivity index (χ1v) is 7.08. The Kier molecular flexibility index (Phi) is 3.34. The summed E-state index contributed by atoms with van der Waals surface area (Å²) in [6, 6.07) is 0. The molecule has 0 N–H and O–H groups in total. The van der Waals surface area contributed by atoms with Crippen molar-refractivity contribution in [2.75, 3.05) is 0 Å². The van der Waals surface area contributed by atoms with Crippen molar-refractivity contribution in [1.29, 1.82) is 0 Å². The van der Waals surface area contributed by atoms with Gasteiger partial charge in [-0.1, -0.05) is 32.9 Å². The minimum atomic E-state index is -0.534. The highest BCUT2D eigenvalue weighted by molar-refractivity contribution is 6.26. The minimum Gasteiger partial charge on any atom is -0.361 e. The average Bonchev–Trinajstić information content (AvgIpc) is 2.35. The fourth-order valence-corrected chi connectivity index (χ4v) is 4.57. The molecule has 0 spiro atoms. The lowest BCUT2D eigenvalue weighted by atomic mass is 9.42. The second kappa shape index (κ2) is 4.49. The molecule has 3 saturated carbocycles. The molecule has 4 atom stereocenters. The van der Waals surface area contributed by atoms with Crippen molar-refractivity contribution >= 4 is 17.8 Å². The Morgan fingerprint density at radius 3 is 2.55 bits per heavy atom. The maximum atomic E-state index is 12.8. The molecule has 4 heteroatoms. The molecule has 3 rings (SSSR count). The van der Waals surface area contributed by atoms with E-state index >= 15 is 0 Å². The molecular weight excluding hydrogens is 252 g/mol. The molecule has 2 bridgehead atoms. The van der Waals surface area contributed by atoms with Crippen LogP contribution in [0.2, 0.25) is 0 Å². The number of hydrogen-bond donors (Lipinski definition) is 0. The lowest BCUT2D eigenvalue weighted by Crippen LogP contribution is -2.62. The van der Waals surface area contributed by atoms with Crippen molar-refractivity contribution in [1.82, 2.24) is 0 Å². The summed E-state index contributed by atoms with van der Waals surface area (Å²) in [5.74, 6) is -0.0462. The normalized spacial score (nSPS) is 38.2. The molecule has 20 heavy (non-hydrogen) atoms. The number of Topliss-reactive ketones (excluding diaryl/α,β-unsaturated/α-hetero) is 2. The third kappa shape index (κ3) is 1.82. The van der Waals surface area contributed by atoms with Crippen LogP contribution in [-0.4, -0.2) is 22.6 Å². The molecule has 0 radical (unpaired) electrons. The summed E-state index contributed by atoms with van der Waals surface area (Å²) in [6.45, 7) is 11.8. The van der Waals surface area contributed by atoms with E-state index in [4.69, 9.17) is 5.53 Å². The zero-order valence-electron chi connectivity index (χ0n) is 12.6. The van der Waals surface area contributed by atoms with E-state index in [1.807, 2.05) is 27.7 Å². The van der Waals surface area contributed by atoms with E-state index in [1.165, 1.54) is 0 Å². The van der Waals surface area contributed by atoms with Crippen LogP contribution in [0, 0.1) is 28.6 Å². The maximum Gasteiger partial charge on any atom is 0.323 e. The van der Waals surface area contributed by atoms with Crippen LogP contribution in [0.3, 0.4) is 0 Å². The number of rotatable bonds is 3. The van der Waals surface area contributed by atoms with Gasteiger partial charge in [0.05, 0.1) is 0 Å². The first-order valence-electron chi connectivity index (χ1n) is 7.08. The lowest BCUT2D eigenvalue weighted by molar-refractivity contribution is -0.167. The van der Waals surface area contributed by atoms with E-state index in [0.717, 1.165) is 18.2 Å². The summed E-state index contributed by atoms with van der Waals surface area (Å²) in [5, 5.41) is 0. The number of fused-ring (bicyclic) bond motifs is 3. The molecule has 0 aromatic heterocycles. The molecule has 0 saturated heterocycles.